The molecule has 2 rings (SSSR count). The van der Waals surface area contributed by atoms with Gasteiger partial charge in [-0.3, -0.25) is 4.79 Å². The van der Waals surface area contributed by atoms with Crippen molar-refractivity contribution in [2.45, 2.75) is 11.8 Å². The van der Waals surface area contributed by atoms with Crippen LogP contribution in [0.25, 0.3) is 0 Å². The van der Waals surface area contributed by atoms with Crippen molar-refractivity contribution in [3.05, 3.63) is 39.8 Å². The summed E-state index contributed by atoms with van der Waals surface area (Å²) in [4.78, 5) is 16.8. The highest BCUT2D eigenvalue weighted by Crippen LogP contribution is 2.25. The summed E-state index contributed by atoms with van der Waals surface area (Å²) in [5.74, 6) is 0.361. The van der Waals surface area contributed by atoms with Gasteiger partial charge in [-0.2, -0.15) is 0 Å². The maximum absolute atomic E-state index is 11.7. The lowest BCUT2D eigenvalue weighted by molar-refractivity contribution is -0.113. The molecule has 1 amide bonds. The molecule has 0 aliphatic heterocycles. The molecular weight excluding hydrogens is 332 g/mol. The van der Waals surface area contributed by atoms with E-state index in [1.54, 1.807) is 6.20 Å². The number of amides is 1. The largest absolute Gasteiger partial charge is 0.301 e. The van der Waals surface area contributed by atoms with E-state index in [9.17, 15) is 4.79 Å². The number of thiazole rings is 1. The van der Waals surface area contributed by atoms with Crippen LogP contribution in [0.4, 0.5) is 5.13 Å². The van der Waals surface area contributed by atoms with Crippen LogP contribution in [-0.2, 0) is 4.79 Å². The fourth-order valence-corrected chi connectivity index (χ4v) is 3.19. The van der Waals surface area contributed by atoms with Crippen LogP contribution in [0, 0.1) is 6.92 Å². The zero-order chi connectivity index (χ0) is 13.0. The Bertz CT molecular complexity index is 543. The summed E-state index contributed by atoms with van der Waals surface area (Å²) in [6.07, 6.45) is 1.67. The van der Waals surface area contributed by atoms with Gasteiger partial charge < -0.3 is 5.32 Å². The number of carbonyl (C=O) groups excluding carboxylic acids is 1. The van der Waals surface area contributed by atoms with E-state index in [0.717, 1.165) is 14.9 Å². The highest BCUT2D eigenvalue weighted by Gasteiger charge is 2.06. The smallest absolute Gasteiger partial charge is 0.236 e. The zero-order valence-corrected chi connectivity index (χ0v) is 12.9. The monoisotopic (exact) mass is 342 g/mol. The standard InChI is InChI=1S/C12H11BrN2OS2/c1-8-6-9(13)2-3-10(8)18-7-11(16)15-12-14-4-5-17-12/h2-6H,7H2,1H3,(H,14,15,16). The number of aromatic nitrogens is 1. The van der Waals surface area contributed by atoms with Crippen LogP contribution in [0.1, 0.15) is 5.56 Å². The second kappa shape index (κ2) is 6.36. The molecule has 1 N–H and O–H groups in total. The number of anilines is 1. The van der Waals surface area contributed by atoms with Crippen LogP contribution >= 0.6 is 39.0 Å². The van der Waals surface area contributed by atoms with Crippen molar-refractivity contribution in [3.63, 3.8) is 0 Å². The molecule has 0 bridgehead atoms. The minimum atomic E-state index is -0.0303. The molecule has 0 saturated carbocycles. The Labute approximate surface area is 122 Å². The number of aryl methyl sites for hydroxylation is 1. The Morgan fingerprint density at radius 1 is 1.56 bits per heavy atom. The highest BCUT2D eigenvalue weighted by molar-refractivity contribution is 9.10. The van der Waals surface area contributed by atoms with E-state index in [0.29, 0.717) is 10.9 Å². The van der Waals surface area contributed by atoms with Crippen LogP contribution in [0.15, 0.2) is 39.1 Å². The molecular formula is C12H11BrN2OS2. The van der Waals surface area contributed by atoms with Gasteiger partial charge in [0.05, 0.1) is 5.75 Å². The number of nitrogens with one attached hydrogen (secondary N) is 1. The third-order valence-electron chi connectivity index (χ3n) is 2.17. The first-order chi connectivity index (χ1) is 8.65. The Kier molecular flexibility index (Phi) is 4.79. The molecule has 1 aromatic carbocycles. The number of benzene rings is 1. The Morgan fingerprint density at radius 2 is 2.39 bits per heavy atom. The summed E-state index contributed by atoms with van der Waals surface area (Å²) < 4.78 is 1.05. The van der Waals surface area contributed by atoms with Crippen molar-refractivity contribution in [1.82, 2.24) is 4.98 Å². The Balaban J connectivity index is 1.89. The number of hydrogen-bond donors (Lipinski definition) is 1. The first-order valence-corrected chi connectivity index (χ1v) is 7.89. The van der Waals surface area contributed by atoms with Gasteiger partial charge >= 0.3 is 0 Å². The molecule has 0 saturated heterocycles. The predicted octanol–water partition coefficient (Wildman–Crippen LogP) is 3.94. The van der Waals surface area contributed by atoms with Crippen molar-refractivity contribution in [2.24, 2.45) is 0 Å². The summed E-state index contributed by atoms with van der Waals surface area (Å²) in [6.45, 7) is 2.03. The summed E-state index contributed by atoms with van der Waals surface area (Å²) >= 11 is 6.37. The van der Waals surface area contributed by atoms with Crippen molar-refractivity contribution >= 4 is 50.1 Å². The quantitative estimate of drug-likeness (QED) is 0.855. The molecule has 1 heterocycles. The fourth-order valence-electron chi connectivity index (χ4n) is 1.36. The molecule has 18 heavy (non-hydrogen) atoms. The van der Waals surface area contributed by atoms with Crippen molar-refractivity contribution in [1.29, 1.82) is 0 Å². The third-order valence-corrected chi connectivity index (χ3v) is 4.53. The number of halogens is 1. The van der Waals surface area contributed by atoms with E-state index in [1.165, 1.54) is 23.1 Å². The third kappa shape index (κ3) is 3.83. The average molecular weight is 343 g/mol. The molecule has 0 spiro atoms. The molecule has 0 fully saturated rings. The number of hydrogen-bond acceptors (Lipinski definition) is 4. The number of rotatable bonds is 4. The molecule has 0 aliphatic rings. The van der Waals surface area contributed by atoms with Gasteiger partial charge in [-0.1, -0.05) is 15.9 Å². The van der Waals surface area contributed by atoms with Crippen molar-refractivity contribution in [2.75, 3.05) is 11.1 Å². The summed E-state index contributed by atoms with van der Waals surface area (Å²) in [5.41, 5.74) is 1.16. The van der Waals surface area contributed by atoms with E-state index >= 15 is 0 Å². The normalized spacial score (nSPS) is 10.3. The van der Waals surface area contributed by atoms with Crippen molar-refractivity contribution in [3.8, 4) is 0 Å². The van der Waals surface area contributed by atoms with Gasteiger partial charge in [0.15, 0.2) is 5.13 Å². The minimum Gasteiger partial charge on any atom is -0.301 e. The Morgan fingerprint density at radius 3 is 3.06 bits per heavy atom. The average Bonchev–Trinajstić information content (AvgIpc) is 2.80. The molecule has 0 radical (unpaired) electrons. The minimum absolute atomic E-state index is 0.0303. The van der Waals surface area contributed by atoms with Gasteiger partial charge in [-0.15, -0.1) is 23.1 Å². The number of carbonyl (C=O) groups is 1. The summed E-state index contributed by atoms with van der Waals surface area (Å²) in [7, 11) is 0. The van der Waals surface area contributed by atoms with Gasteiger partial charge in [0.1, 0.15) is 0 Å². The lowest BCUT2D eigenvalue weighted by atomic mass is 10.2. The molecule has 94 valence electrons. The maximum Gasteiger partial charge on any atom is 0.236 e. The number of thioether (sulfide) groups is 1. The molecule has 3 nitrogen and oxygen atoms in total. The van der Waals surface area contributed by atoms with Crippen LogP contribution < -0.4 is 5.32 Å². The summed E-state index contributed by atoms with van der Waals surface area (Å²) in [5, 5.41) is 5.24. The highest BCUT2D eigenvalue weighted by atomic mass is 79.9. The lowest BCUT2D eigenvalue weighted by Crippen LogP contribution is -2.13. The second-order valence-electron chi connectivity index (χ2n) is 3.58. The lowest BCUT2D eigenvalue weighted by Gasteiger charge is -2.05. The molecule has 0 aliphatic carbocycles. The van der Waals surface area contributed by atoms with Crippen LogP contribution in [0.2, 0.25) is 0 Å². The second-order valence-corrected chi connectivity index (χ2v) is 6.41. The fraction of sp³-hybridized carbons (Fsp3) is 0.167. The molecule has 0 unspecified atom stereocenters. The molecule has 1 aromatic heterocycles. The predicted molar refractivity (Wildman–Crippen MR) is 80.3 cm³/mol. The molecule has 6 heteroatoms. The van der Waals surface area contributed by atoms with E-state index < -0.39 is 0 Å². The Hall–Kier alpha value is -0.850. The van der Waals surface area contributed by atoms with E-state index in [1.807, 2.05) is 30.5 Å². The van der Waals surface area contributed by atoms with E-state index in [-0.39, 0.29) is 5.91 Å². The topological polar surface area (TPSA) is 42.0 Å². The van der Waals surface area contributed by atoms with E-state index in [2.05, 4.69) is 26.2 Å². The van der Waals surface area contributed by atoms with Gasteiger partial charge in [-0.25, -0.2) is 4.98 Å². The first-order valence-electron chi connectivity index (χ1n) is 5.23. The van der Waals surface area contributed by atoms with Crippen LogP contribution in [-0.4, -0.2) is 16.6 Å². The van der Waals surface area contributed by atoms with Crippen molar-refractivity contribution < 1.29 is 4.79 Å². The van der Waals surface area contributed by atoms with Gasteiger partial charge in [0.2, 0.25) is 5.91 Å². The van der Waals surface area contributed by atoms with Gasteiger partial charge in [0.25, 0.3) is 0 Å². The summed E-state index contributed by atoms with van der Waals surface area (Å²) in [6, 6.07) is 6.04. The van der Waals surface area contributed by atoms with Crippen LogP contribution in [0.3, 0.4) is 0 Å². The van der Waals surface area contributed by atoms with E-state index in [4.69, 9.17) is 0 Å². The maximum atomic E-state index is 11.7. The van der Waals surface area contributed by atoms with Gasteiger partial charge in [-0.05, 0) is 30.7 Å². The first kappa shape index (κ1) is 13.6. The van der Waals surface area contributed by atoms with Gasteiger partial charge in [0, 0.05) is 20.9 Å². The number of nitrogens with zero attached hydrogens (tertiary/aromatic N) is 1. The SMILES string of the molecule is Cc1cc(Br)ccc1SCC(=O)Nc1nccs1. The molecule has 2 aromatic rings. The van der Waals surface area contributed by atoms with Crippen LogP contribution in [0.5, 0.6) is 0 Å². The zero-order valence-electron chi connectivity index (χ0n) is 9.64. The molecule has 0 atom stereocenters.